The predicted octanol–water partition coefficient (Wildman–Crippen LogP) is 4.06. The highest BCUT2D eigenvalue weighted by molar-refractivity contribution is 6.32. The van der Waals surface area contributed by atoms with E-state index < -0.39 is 0 Å². The summed E-state index contributed by atoms with van der Waals surface area (Å²) in [5.41, 5.74) is 1.82. The first-order valence-electron chi connectivity index (χ1n) is 7.34. The third-order valence-electron chi connectivity index (χ3n) is 3.12. The van der Waals surface area contributed by atoms with Crippen molar-refractivity contribution in [2.45, 2.75) is 13.8 Å². The van der Waals surface area contributed by atoms with E-state index in [-0.39, 0.29) is 5.91 Å². The number of hydrogen-bond acceptors (Lipinski definition) is 4. The van der Waals surface area contributed by atoms with Gasteiger partial charge in [-0.1, -0.05) is 25.4 Å². The van der Waals surface area contributed by atoms with Crippen LogP contribution in [0.15, 0.2) is 36.5 Å². The summed E-state index contributed by atoms with van der Waals surface area (Å²) in [6, 6.07) is 8.58. The summed E-state index contributed by atoms with van der Waals surface area (Å²) in [7, 11) is 1.54. The lowest BCUT2D eigenvalue weighted by atomic mass is 10.2. The van der Waals surface area contributed by atoms with Gasteiger partial charge >= 0.3 is 0 Å². The number of nitrogens with zero attached hydrogens (tertiary/aromatic N) is 1. The number of aromatic nitrogens is 1. The highest BCUT2D eigenvalue weighted by Crippen LogP contribution is 2.27. The number of benzene rings is 1. The molecule has 0 radical (unpaired) electrons. The molecule has 122 valence electrons. The minimum absolute atomic E-state index is 0.290. The molecule has 0 aliphatic carbocycles. The first kappa shape index (κ1) is 17.1. The number of rotatable bonds is 6. The standard InChI is InChI=1S/C17H20ClN3O2/c1-11(2)9-19-13-4-6-15(20-10-13)17(22)21-12-5-7-16(23-3)14(18)8-12/h4-8,10-11,19H,9H2,1-3H3,(H,21,22). The largest absolute Gasteiger partial charge is 0.495 e. The van der Waals surface area contributed by atoms with Crippen LogP contribution >= 0.6 is 11.6 Å². The van der Waals surface area contributed by atoms with Gasteiger partial charge in [0.25, 0.3) is 5.91 Å². The van der Waals surface area contributed by atoms with Gasteiger partial charge in [-0.25, -0.2) is 4.98 Å². The Balaban J connectivity index is 2.01. The maximum atomic E-state index is 12.2. The Morgan fingerprint density at radius 1 is 1.26 bits per heavy atom. The van der Waals surface area contributed by atoms with Crippen LogP contribution in [-0.2, 0) is 0 Å². The van der Waals surface area contributed by atoms with Crippen molar-refractivity contribution in [1.82, 2.24) is 4.98 Å². The van der Waals surface area contributed by atoms with Crippen LogP contribution in [0.4, 0.5) is 11.4 Å². The number of halogens is 1. The van der Waals surface area contributed by atoms with Gasteiger partial charge < -0.3 is 15.4 Å². The number of hydrogen-bond donors (Lipinski definition) is 2. The molecule has 23 heavy (non-hydrogen) atoms. The molecule has 0 saturated heterocycles. The summed E-state index contributed by atoms with van der Waals surface area (Å²) >= 11 is 6.04. The fraction of sp³-hybridized carbons (Fsp3) is 0.294. The Labute approximate surface area is 141 Å². The van der Waals surface area contributed by atoms with Crippen LogP contribution in [0.25, 0.3) is 0 Å². The molecule has 0 saturated carbocycles. The van der Waals surface area contributed by atoms with Crippen LogP contribution < -0.4 is 15.4 Å². The van der Waals surface area contributed by atoms with E-state index in [2.05, 4.69) is 29.5 Å². The average Bonchev–Trinajstić information content (AvgIpc) is 2.53. The van der Waals surface area contributed by atoms with Crippen LogP contribution in [0.1, 0.15) is 24.3 Å². The number of methoxy groups -OCH3 is 1. The summed E-state index contributed by atoms with van der Waals surface area (Å²) < 4.78 is 5.08. The Hall–Kier alpha value is -2.27. The Bertz CT molecular complexity index is 672. The molecule has 1 aromatic carbocycles. The Morgan fingerprint density at radius 3 is 2.57 bits per heavy atom. The van der Waals surface area contributed by atoms with Gasteiger partial charge in [0.2, 0.25) is 0 Å². The summed E-state index contributed by atoms with van der Waals surface area (Å²) in [5, 5.41) is 6.45. The monoisotopic (exact) mass is 333 g/mol. The van der Waals surface area contributed by atoms with Crippen molar-refractivity contribution in [2.24, 2.45) is 5.92 Å². The van der Waals surface area contributed by atoms with Crippen LogP contribution in [0, 0.1) is 5.92 Å². The van der Waals surface area contributed by atoms with Crippen molar-refractivity contribution in [2.75, 3.05) is 24.3 Å². The van der Waals surface area contributed by atoms with E-state index in [0.29, 0.717) is 28.1 Å². The smallest absolute Gasteiger partial charge is 0.274 e. The van der Waals surface area contributed by atoms with E-state index in [4.69, 9.17) is 16.3 Å². The van der Waals surface area contributed by atoms with Gasteiger partial charge in [0.15, 0.2) is 0 Å². The van der Waals surface area contributed by atoms with E-state index in [1.54, 1.807) is 30.5 Å². The molecule has 0 unspecified atom stereocenters. The number of carbonyl (C=O) groups is 1. The number of ether oxygens (including phenoxy) is 1. The van der Waals surface area contributed by atoms with E-state index in [9.17, 15) is 4.79 Å². The quantitative estimate of drug-likeness (QED) is 0.836. The molecule has 2 rings (SSSR count). The maximum Gasteiger partial charge on any atom is 0.274 e. The summed E-state index contributed by atoms with van der Waals surface area (Å²) in [6.45, 7) is 5.11. The minimum Gasteiger partial charge on any atom is -0.495 e. The van der Waals surface area contributed by atoms with Crippen molar-refractivity contribution in [3.05, 3.63) is 47.2 Å². The van der Waals surface area contributed by atoms with Crippen molar-refractivity contribution in [1.29, 1.82) is 0 Å². The first-order chi connectivity index (χ1) is 11.0. The summed E-state index contributed by atoms with van der Waals surface area (Å²) in [5.74, 6) is 0.808. The molecule has 0 spiro atoms. The normalized spacial score (nSPS) is 10.5. The SMILES string of the molecule is COc1ccc(NC(=O)c2ccc(NCC(C)C)cn2)cc1Cl. The van der Waals surface area contributed by atoms with Crippen molar-refractivity contribution in [3.63, 3.8) is 0 Å². The van der Waals surface area contributed by atoms with Crippen LogP contribution in [0.3, 0.4) is 0 Å². The van der Waals surface area contributed by atoms with Crippen molar-refractivity contribution in [3.8, 4) is 5.75 Å². The highest BCUT2D eigenvalue weighted by atomic mass is 35.5. The minimum atomic E-state index is -0.290. The third kappa shape index (κ3) is 4.86. The molecule has 2 N–H and O–H groups in total. The summed E-state index contributed by atoms with van der Waals surface area (Å²) in [6.07, 6.45) is 1.65. The number of amides is 1. The number of carbonyl (C=O) groups excluding carboxylic acids is 1. The molecule has 0 aliphatic heterocycles. The molecule has 1 heterocycles. The second-order valence-corrected chi connectivity index (χ2v) is 5.92. The van der Waals surface area contributed by atoms with Gasteiger partial charge in [-0.05, 0) is 36.2 Å². The zero-order valence-corrected chi connectivity index (χ0v) is 14.1. The lowest BCUT2D eigenvalue weighted by molar-refractivity contribution is 0.102. The average molecular weight is 334 g/mol. The number of nitrogens with one attached hydrogen (secondary N) is 2. The molecule has 0 fully saturated rings. The second kappa shape index (κ2) is 7.83. The van der Waals surface area contributed by atoms with Crippen LogP contribution in [-0.4, -0.2) is 24.5 Å². The van der Waals surface area contributed by atoms with E-state index in [0.717, 1.165) is 12.2 Å². The predicted molar refractivity (Wildman–Crippen MR) is 93.5 cm³/mol. The molecule has 0 aliphatic rings. The fourth-order valence-electron chi connectivity index (χ4n) is 1.89. The Morgan fingerprint density at radius 2 is 2.00 bits per heavy atom. The Kier molecular flexibility index (Phi) is 5.82. The fourth-order valence-corrected chi connectivity index (χ4v) is 2.15. The maximum absolute atomic E-state index is 12.2. The molecular weight excluding hydrogens is 314 g/mol. The van der Waals surface area contributed by atoms with Crippen molar-refractivity contribution < 1.29 is 9.53 Å². The second-order valence-electron chi connectivity index (χ2n) is 5.51. The van der Waals surface area contributed by atoms with Gasteiger partial charge in [-0.15, -0.1) is 0 Å². The first-order valence-corrected chi connectivity index (χ1v) is 7.72. The van der Waals surface area contributed by atoms with E-state index in [1.165, 1.54) is 7.11 Å². The van der Waals surface area contributed by atoms with Crippen LogP contribution in [0.5, 0.6) is 5.75 Å². The van der Waals surface area contributed by atoms with Gasteiger partial charge in [-0.2, -0.15) is 0 Å². The van der Waals surface area contributed by atoms with E-state index in [1.807, 2.05) is 6.07 Å². The molecule has 5 nitrogen and oxygen atoms in total. The topological polar surface area (TPSA) is 63.2 Å². The molecule has 1 amide bonds. The molecular formula is C17H20ClN3O2. The lowest BCUT2D eigenvalue weighted by Gasteiger charge is -2.10. The molecule has 6 heteroatoms. The lowest BCUT2D eigenvalue weighted by Crippen LogP contribution is -2.14. The molecule has 0 atom stereocenters. The molecule has 1 aromatic heterocycles. The van der Waals surface area contributed by atoms with Crippen molar-refractivity contribution >= 4 is 28.9 Å². The zero-order chi connectivity index (χ0) is 16.8. The zero-order valence-electron chi connectivity index (χ0n) is 13.4. The van der Waals surface area contributed by atoms with Gasteiger partial charge in [0.1, 0.15) is 11.4 Å². The van der Waals surface area contributed by atoms with Crippen LogP contribution in [0.2, 0.25) is 5.02 Å². The number of pyridine rings is 1. The molecule has 2 aromatic rings. The van der Waals surface area contributed by atoms with Gasteiger partial charge in [-0.3, -0.25) is 4.79 Å². The molecule has 0 bridgehead atoms. The van der Waals surface area contributed by atoms with Gasteiger partial charge in [0, 0.05) is 12.2 Å². The van der Waals surface area contributed by atoms with E-state index >= 15 is 0 Å². The van der Waals surface area contributed by atoms with Gasteiger partial charge in [0.05, 0.1) is 24.0 Å². The highest BCUT2D eigenvalue weighted by Gasteiger charge is 2.09. The summed E-state index contributed by atoms with van der Waals surface area (Å²) in [4.78, 5) is 16.4. The third-order valence-corrected chi connectivity index (χ3v) is 3.42. The number of anilines is 2.